The van der Waals surface area contributed by atoms with Gasteiger partial charge in [-0.3, -0.25) is 4.79 Å². The van der Waals surface area contributed by atoms with Crippen molar-refractivity contribution in [2.75, 3.05) is 0 Å². The van der Waals surface area contributed by atoms with Gasteiger partial charge in [0.2, 0.25) is 0 Å². The second-order valence-corrected chi connectivity index (χ2v) is 4.79. The van der Waals surface area contributed by atoms with Gasteiger partial charge in [0.05, 0.1) is 17.8 Å². The highest BCUT2D eigenvalue weighted by Crippen LogP contribution is 2.17. The molecule has 104 valence electrons. The van der Waals surface area contributed by atoms with Crippen molar-refractivity contribution in [2.45, 2.75) is 26.3 Å². The SMILES string of the molecule is CC(C)c1c(C=O)nnn1Cc1ccc(C(=O)O)cc1. The molecule has 20 heavy (non-hydrogen) atoms. The number of carbonyl (C=O) groups is 2. The molecule has 2 rings (SSSR count). The highest BCUT2D eigenvalue weighted by molar-refractivity contribution is 5.87. The fourth-order valence-electron chi connectivity index (χ4n) is 2.05. The van der Waals surface area contributed by atoms with Gasteiger partial charge in [0.25, 0.3) is 0 Å². The van der Waals surface area contributed by atoms with Crippen molar-refractivity contribution in [3.63, 3.8) is 0 Å². The standard InChI is InChI=1S/C14H15N3O3/c1-9(2)13-12(8-18)15-16-17(13)7-10-3-5-11(6-4-10)14(19)20/h3-6,8-9H,7H2,1-2H3,(H,19,20). The van der Waals surface area contributed by atoms with Crippen LogP contribution in [0.15, 0.2) is 24.3 Å². The fraction of sp³-hybridized carbons (Fsp3) is 0.286. The predicted molar refractivity (Wildman–Crippen MR) is 72.0 cm³/mol. The lowest BCUT2D eigenvalue weighted by Crippen LogP contribution is -2.09. The summed E-state index contributed by atoms with van der Waals surface area (Å²) in [4.78, 5) is 21.7. The predicted octanol–water partition coefficient (Wildman–Crippen LogP) is 1.96. The molecule has 0 atom stereocenters. The molecule has 1 aromatic carbocycles. The summed E-state index contributed by atoms with van der Waals surface area (Å²) in [6.07, 6.45) is 0.701. The van der Waals surface area contributed by atoms with Crippen LogP contribution in [0.3, 0.4) is 0 Å². The molecule has 0 amide bonds. The highest BCUT2D eigenvalue weighted by Gasteiger charge is 2.15. The molecule has 0 aliphatic rings. The van der Waals surface area contributed by atoms with Crippen LogP contribution in [0.2, 0.25) is 0 Å². The van der Waals surface area contributed by atoms with Gasteiger partial charge in [-0.05, 0) is 23.6 Å². The minimum absolute atomic E-state index is 0.128. The van der Waals surface area contributed by atoms with E-state index >= 15 is 0 Å². The summed E-state index contributed by atoms with van der Waals surface area (Å²) in [6, 6.07) is 6.56. The molecule has 2 aromatic rings. The number of carboxylic acids is 1. The van der Waals surface area contributed by atoms with E-state index in [0.29, 0.717) is 18.5 Å². The molecule has 0 aliphatic carbocycles. The van der Waals surface area contributed by atoms with Gasteiger partial charge in [0.1, 0.15) is 5.69 Å². The lowest BCUT2D eigenvalue weighted by molar-refractivity contribution is 0.0696. The summed E-state index contributed by atoms with van der Waals surface area (Å²) in [5.74, 6) is -0.827. The van der Waals surface area contributed by atoms with E-state index in [-0.39, 0.29) is 11.5 Å². The first-order valence-electron chi connectivity index (χ1n) is 6.23. The summed E-state index contributed by atoms with van der Waals surface area (Å²) >= 11 is 0. The van der Waals surface area contributed by atoms with E-state index in [1.165, 1.54) is 0 Å². The fourth-order valence-corrected chi connectivity index (χ4v) is 2.05. The van der Waals surface area contributed by atoms with Crippen LogP contribution in [0.1, 0.15) is 51.9 Å². The molecule has 0 aliphatic heterocycles. The number of benzene rings is 1. The van der Waals surface area contributed by atoms with Crippen LogP contribution in [-0.2, 0) is 6.54 Å². The average Bonchev–Trinajstić information content (AvgIpc) is 2.82. The van der Waals surface area contributed by atoms with E-state index < -0.39 is 5.97 Å². The van der Waals surface area contributed by atoms with Crippen LogP contribution in [0.5, 0.6) is 0 Å². The Morgan fingerprint density at radius 3 is 2.50 bits per heavy atom. The normalized spacial score (nSPS) is 10.8. The van der Waals surface area contributed by atoms with Crippen molar-refractivity contribution >= 4 is 12.3 Å². The third-order valence-corrected chi connectivity index (χ3v) is 2.99. The Kier molecular flexibility index (Phi) is 3.93. The number of aldehydes is 1. The van der Waals surface area contributed by atoms with E-state index in [0.717, 1.165) is 11.3 Å². The molecule has 0 saturated carbocycles. The van der Waals surface area contributed by atoms with Crippen LogP contribution >= 0.6 is 0 Å². The maximum absolute atomic E-state index is 10.9. The summed E-state index contributed by atoms with van der Waals surface area (Å²) in [6.45, 7) is 4.39. The molecule has 6 nitrogen and oxygen atoms in total. The number of carboxylic acid groups (broad SMARTS) is 1. The number of nitrogens with zero attached hydrogens (tertiary/aromatic N) is 3. The topological polar surface area (TPSA) is 85.1 Å². The van der Waals surface area contributed by atoms with Gasteiger partial charge in [0, 0.05) is 0 Å². The van der Waals surface area contributed by atoms with Gasteiger partial charge >= 0.3 is 5.97 Å². The lowest BCUT2D eigenvalue weighted by atomic mass is 10.1. The molecule has 0 fully saturated rings. The van der Waals surface area contributed by atoms with Crippen LogP contribution in [0.25, 0.3) is 0 Å². The Bertz CT molecular complexity index is 630. The van der Waals surface area contributed by atoms with E-state index in [1.54, 1.807) is 28.9 Å². The largest absolute Gasteiger partial charge is 0.478 e. The molecule has 1 heterocycles. The number of rotatable bonds is 5. The zero-order chi connectivity index (χ0) is 14.7. The second-order valence-electron chi connectivity index (χ2n) is 4.79. The van der Waals surface area contributed by atoms with E-state index in [4.69, 9.17) is 5.11 Å². The quantitative estimate of drug-likeness (QED) is 0.842. The monoisotopic (exact) mass is 273 g/mol. The molecule has 0 saturated heterocycles. The molecule has 6 heteroatoms. The summed E-state index contributed by atoms with van der Waals surface area (Å²) in [7, 11) is 0. The van der Waals surface area contributed by atoms with E-state index in [1.807, 2.05) is 13.8 Å². The Morgan fingerprint density at radius 1 is 1.35 bits per heavy atom. The maximum atomic E-state index is 10.9. The number of hydrogen-bond acceptors (Lipinski definition) is 4. The number of carbonyl (C=O) groups excluding carboxylic acids is 1. The minimum Gasteiger partial charge on any atom is -0.478 e. The van der Waals surface area contributed by atoms with Gasteiger partial charge in [-0.2, -0.15) is 0 Å². The highest BCUT2D eigenvalue weighted by atomic mass is 16.4. The van der Waals surface area contributed by atoms with E-state index in [9.17, 15) is 9.59 Å². The van der Waals surface area contributed by atoms with E-state index in [2.05, 4.69) is 10.3 Å². The molecule has 1 aromatic heterocycles. The zero-order valence-electron chi connectivity index (χ0n) is 11.3. The first-order valence-corrected chi connectivity index (χ1v) is 6.23. The molecular formula is C14H15N3O3. The van der Waals surface area contributed by atoms with Crippen molar-refractivity contribution in [1.29, 1.82) is 0 Å². The van der Waals surface area contributed by atoms with Gasteiger partial charge in [-0.25, -0.2) is 9.48 Å². The summed E-state index contributed by atoms with van der Waals surface area (Å²) < 4.78 is 1.67. The first kappa shape index (κ1) is 13.9. The van der Waals surface area contributed by atoms with Gasteiger partial charge in [-0.15, -0.1) is 5.10 Å². The molecule has 1 N–H and O–H groups in total. The van der Waals surface area contributed by atoms with Crippen LogP contribution in [0.4, 0.5) is 0 Å². The summed E-state index contributed by atoms with van der Waals surface area (Å²) in [5.41, 5.74) is 2.27. The molecule has 0 bridgehead atoms. The van der Waals surface area contributed by atoms with Gasteiger partial charge in [-0.1, -0.05) is 31.2 Å². The smallest absolute Gasteiger partial charge is 0.335 e. The first-order chi connectivity index (χ1) is 9.52. The lowest BCUT2D eigenvalue weighted by Gasteiger charge is -2.09. The molecular weight excluding hydrogens is 258 g/mol. The zero-order valence-corrected chi connectivity index (χ0v) is 11.3. The van der Waals surface area contributed by atoms with Crippen LogP contribution < -0.4 is 0 Å². The van der Waals surface area contributed by atoms with Crippen molar-refractivity contribution in [2.24, 2.45) is 0 Å². The second kappa shape index (κ2) is 5.64. The van der Waals surface area contributed by atoms with Crippen molar-refractivity contribution in [3.8, 4) is 0 Å². The average molecular weight is 273 g/mol. The Morgan fingerprint density at radius 2 is 2.00 bits per heavy atom. The third kappa shape index (κ3) is 2.74. The number of aromatic carboxylic acids is 1. The van der Waals surface area contributed by atoms with Crippen molar-refractivity contribution in [3.05, 3.63) is 46.8 Å². The van der Waals surface area contributed by atoms with Crippen LogP contribution in [-0.4, -0.2) is 32.4 Å². The summed E-state index contributed by atoms with van der Waals surface area (Å²) in [5, 5.41) is 16.7. The Labute approximate surface area is 116 Å². The minimum atomic E-state index is -0.955. The van der Waals surface area contributed by atoms with Gasteiger partial charge in [0.15, 0.2) is 6.29 Å². The van der Waals surface area contributed by atoms with Gasteiger partial charge < -0.3 is 5.11 Å². The Balaban J connectivity index is 2.28. The molecule has 0 radical (unpaired) electrons. The number of aromatic nitrogens is 3. The molecule has 0 unspecified atom stereocenters. The molecule has 0 spiro atoms. The van der Waals surface area contributed by atoms with Crippen molar-refractivity contribution < 1.29 is 14.7 Å². The van der Waals surface area contributed by atoms with Crippen molar-refractivity contribution in [1.82, 2.24) is 15.0 Å². The van der Waals surface area contributed by atoms with Crippen LogP contribution in [0, 0.1) is 0 Å². The number of hydrogen-bond donors (Lipinski definition) is 1. The Hall–Kier alpha value is -2.50. The third-order valence-electron chi connectivity index (χ3n) is 2.99. The maximum Gasteiger partial charge on any atom is 0.335 e.